The highest BCUT2D eigenvalue weighted by molar-refractivity contribution is 7.79. The monoisotopic (exact) mass is 154 g/mol. The van der Waals surface area contributed by atoms with E-state index in [4.69, 9.17) is 5.11 Å². The first-order valence-corrected chi connectivity index (χ1v) is 3.79. The largest absolute Gasteiger partial charge is 0.392 e. The van der Waals surface area contributed by atoms with Crippen molar-refractivity contribution in [3.05, 3.63) is 35.4 Å². The van der Waals surface area contributed by atoms with Gasteiger partial charge >= 0.3 is 0 Å². The summed E-state index contributed by atoms with van der Waals surface area (Å²) in [4.78, 5) is 0. The molecule has 0 heterocycles. The van der Waals surface area contributed by atoms with Crippen molar-refractivity contribution in [3.63, 3.8) is 0 Å². The Bertz CT molecular complexity index is 191. The van der Waals surface area contributed by atoms with Crippen LogP contribution in [0, 0.1) is 0 Å². The van der Waals surface area contributed by atoms with Gasteiger partial charge in [-0.15, -0.1) is 0 Å². The Balaban J connectivity index is 2.87. The van der Waals surface area contributed by atoms with Gasteiger partial charge in [-0.25, -0.2) is 0 Å². The van der Waals surface area contributed by atoms with E-state index in [1.165, 1.54) is 0 Å². The summed E-state index contributed by atoms with van der Waals surface area (Å²) < 4.78 is 0. The summed E-state index contributed by atoms with van der Waals surface area (Å²) in [7, 11) is 0. The smallest absolute Gasteiger partial charge is 0.0681 e. The lowest BCUT2D eigenvalue weighted by atomic mass is 10.1. The molecule has 0 aromatic heterocycles. The predicted molar refractivity (Wildman–Crippen MR) is 45.1 cm³/mol. The lowest BCUT2D eigenvalue weighted by molar-refractivity contribution is 0.282. The maximum atomic E-state index is 8.73. The second-order valence-corrected chi connectivity index (χ2v) is 2.45. The molecule has 54 valence electrons. The molecule has 1 nitrogen and oxygen atoms in total. The Morgan fingerprint density at radius 3 is 2.60 bits per heavy atom. The highest BCUT2D eigenvalue weighted by Crippen LogP contribution is 2.06. The average Bonchev–Trinajstić information content (AvgIpc) is 2.05. The summed E-state index contributed by atoms with van der Waals surface area (Å²) in [6.07, 6.45) is 0. The zero-order valence-electron chi connectivity index (χ0n) is 5.62. The van der Waals surface area contributed by atoms with E-state index in [2.05, 4.69) is 12.6 Å². The van der Waals surface area contributed by atoms with Gasteiger partial charge in [0.15, 0.2) is 0 Å². The molecule has 1 rings (SSSR count). The van der Waals surface area contributed by atoms with Crippen molar-refractivity contribution in [2.45, 2.75) is 12.4 Å². The molecular formula is C8H10OS. The molecule has 0 radical (unpaired) electrons. The molecule has 2 heteroatoms. The summed E-state index contributed by atoms with van der Waals surface area (Å²) in [6, 6.07) is 7.77. The third kappa shape index (κ3) is 1.75. The van der Waals surface area contributed by atoms with E-state index < -0.39 is 0 Å². The molecule has 0 aliphatic carbocycles. The van der Waals surface area contributed by atoms with Crippen LogP contribution in [-0.2, 0) is 12.4 Å². The van der Waals surface area contributed by atoms with Crippen LogP contribution in [0.3, 0.4) is 0 Å². The Labute approximate surface area is 66.1 Å². The van der Waals surface area contributed by atoms with Crippen molar-refractivity contribution in [2.75, 3.05) is 0 Å². The number of thiol groups is 1. The quantitative estimate of drug-likeness (QED) is 0.620. The van der Waals surface area contributed by atoms with Crippen LogP contribution in [0.15, 0.2) is 24.3 Å². The summed E-state index contributed by atoms with van der Waals surface area (Å²) in [5, 5.41) is 8.73. The topological polar surface area (TPSA) is 20.2 Å². The number of hydrogen-bond donors (Lipinski definition) is 2. The van der Waals surface area contributed by atoms with Gasteiger partial charge in [-0.1, -0.05) is 24.3 Å². The van der Waals surface area contributed by atoms with Crippen LogP contribution in [-0.4, -0.2) is 5.11 Å². The van der Waals surface area contributed by atoms with Crippen molar-refractivity contribution in [1.82, 2.24) is 0 Å². The molecular weight excluding hydrogens is 144 g/mol. The molecule has 0 saturated carbocycles. The van der Waals surface area contributed by atoms with Crippen molar-refractivity contribution in [2.24, 2.45) is 0 Å². The van der Waals surface area contributed by atoms with E-state index in [0.29, 0.717) is 0 Å². The van der Waals surface area contributed by atoms with Crippen LogP contribution in [0.1, 0.15) is 11.1 Å². The highest BCUT2D eigenvalue weighted by Gasteiger charge is 1.90. The Morgan fingerprint density at radius 1 is 1.30 bits per heavy atom. The summed E-state index contributed by atoms with van der Waals surface area (Å²) in [5.41, 5.74) is 2.10. The average molecular weight is 154 g/mol. The fourth-order valence-corrected chi connectivity index (χ4v) is 1.02. The SMILES string of the molecule is OCc1cccc(CS)c1. The molecule has 0 atom stereocenters. The molecule has 1 N–H and O–H groups in total. The van der Waals surface area contributed by atoms with E-state index in [1.807, 2.05) is 24.3 Å². The van der Waals surface area contributed by atoms with Crippen molar-refractivity contribution < 1.29 is 5.11 Å². The third-order valence-electron chi connectivity index (χ3n) is 1.36. The fourth-order valence-electron chi connectivity index (χ4n) is 0.826. The van der Waals surface area contributed by atoms with Crippen LogP contribution in [0.2, 0.25) is 0 Å². The normalized spacial score (nSPS) is 9.80. The van der Waals surface area contributed by atoms with Gasteiger partial charge in [-0.3, -0.25) is 0 Å². The predicted octanol–water partition coefficient (Wildman–Crippen LogP) is 1.61. The minimum absolute atomic E-state index is 0.113. The Morgan fingerprint density at radius 2 is 2.00 bits per heavy atom. The maximum Gasteiger partial charge on any atom is 0.0681 e. The standard InChI is InChI=1S/C8H10OS/c9-5-7-2-1-3-8(4-7)6-10/h1-4,9-10H,5-6H2. The number of benzene rings is 1. The first-order valence-electron chi connectivity index (χ1n) is 3.16. The van der Waals surface area contributed by atoms with E-state index in [-0.39, 0.29) is 6.61 Å². The van der Waals surface area contributed by atoms with Crippen LogP contribution in [0.4, 0.5) is 0 Å². The number of hydrogen-bond acceptors (Lipinski definition) is 2. The van der Waals surface area contributed by atoms with Gasteiger partial charge in [-0.05, 0) is 11.1 Å². The Kier molecular flexibility index (Phi) is 2.78. The number of rotatable bonds is 2. The lowest BCUT2D eigenvalue weighted by Gasteiger charge is -1.97. The second kappa shape index (κ2) is 3.64. The van der Waals surface area contributed by atoms with Gasteiger partial charge in [0.2, 0.25) is 0 Å². The van der Waals surface area contributed by atoms with Gasteiger partial charge in [-0.2, -0.15) is 12.6 Å². The lowest BCUT2D eigenvalue weighted by Crippen LogP contribution is -1.84. The minimum atomic E-state index is 0.113. The number of aliphatic hydroxyl groups is 1. The molecule has 0 fully saturated rings. The van der Waals surface area contributed by atoms with Crippen LogP contribution < -0.4 is 0 Å². The molecule has 10 heavy (non-hydrogen) atoms. The number of aliphatic hydroxyl groups excluding tert-OH is 1. The zero-order valence-corrected chi connectivity index (χ0v) is 6.51. The third-order valence-corrected chi connectivity index (χ3v) is 1.72. The minimum Gasteiger partial charge on any atom is -0.392 e. The first-order chi connectivity index (χ1) is 4.86. The van der Waals surface area contributed by atoms with E-state index in [0.717, 1.165) is 16.9 Å². The van der Waals surface area contributed by atoms with Gasteiger partial charge in [0.25, 0.3) is 0 Å². The van der Waals surface area contributed by atoms with Gasteiger partial charge < -0.3 is 5.11 Å². The molecule has 0 bridgehead atoms. The molecule has 0 spiro atoms. The summed E-state index contributed by atoms with van der Waals surface area (Å²) in [5.74, 6) is 0.730. The van der Waals surface area contributed by atoms with E-state index in [9.17, 15) is 0 Å². The Hall–Kier alpha value is -0.470. The van der Waals surface area contributed by atoms with E-state index >= 15 is 0 Å². The van der Waals surface area contributed by atoms with Gasteiger partial charge in [0.1, 0.15) is 0 Å². The van der Waals surface area contributed by atoms with Crippen molar-refractivity contribution in [3.8, 4) is 0 Å². The molecule has 0 amide bonds. The van der Waals surface area contributed by atoms with Crippen LogP contribution in [0.5, 0.6) is 0 Å². The van der Waals surface area contributed by atoms with Gasteiger partial charge in [0, 0.05) is 5.75 Å². The summed E-state index contributed by atoms with van der Waals surface area (Å²) in [6.45, 7) is 0.113. The molecule has 0 saturated heterocycles. The fraction of sp³-hybridized carbons (Fsp3) is 0.250. The maximum absolute atomic E-state index is 8.73. The molecule has 0 unspecified atom stereocenters. The molecule has 0 aliphatic heterocycles. The van der Waals surface area contributed by atoms with Crippen LogP contribution >= 0.6 is 12.6 Å². The zero-order chi connectivity index (χ0) is 7.40. The van der Waals surface area contributed by atoms with Gasteiger partial charge in [0.05, 0.1) is 6.61 Å². The van der Waals surface area contributed by atoms with Crippen molar-refractivity contribution in [1.29, 1.82) is 0 Å². The molecule has 1 aromatic carbocycles. The molecule has 0 aliphatic rings. The van der Waals surface area contributed by atoms with Crippen LogP contribution in [0.25, 0.3) is 0 Å². The van der Waals surface area contributed by atoms with E-state index in [1.54, 1.807) is 0 Å². The summed E-state index contributed by atoms with van der Waals surface area (Å²) >= 11 is 4.11. The van der Waals surface area contributed by atoms with Crippen molar-refractivity contribution >= 4 is 12.6 Å². The second-order valence-electron chi connectivity index (χ2n) is 2.14. The molecule has 1 aromatic rings. The first kappa shape index (κ1) is 7.63. The highest BCUT2D eigenvalue weighted by atomic mass is 32.1.